The van der Waals surface area contributed by atoms with E-state index in [-0.39, 0.29) is 36.4 Å². The van der Waals surface area contributed by atoms with E-state index in [0.29, 0.717) is 6.42 Å². The number of ether oxygens (including phenoxy) is 1. The van der Waals surface area contributed by atoms with Crippen LogP contribution in [0.5, 0.6) is 5.75 Å². The smallest absolute Gasteiger partial charge is 0.416 e. The van der Waals surface area contributed by atoms with E-state index in [9.17, 15) is 18.0 Å². The molecule has 154 valence electrons. The average Bonchev–Trinajstić information content (AvgIpc) is 2.59. The Morgan fingerprint density at radius 3 is 2.36 bits per heavy atom. The molecule has 3 N–H and O–H groups in total. The highest BCUT2D eigenvalue weighted by Crippen LogP contribution is 2.34. The van der Waals surface area contributed by atoms with Crippen molar-refractivity contribution in [3.05, 3.63) is 65.2 Å². The first kappa shape index (κ1) is 23.8. The number of alkyl halides is 3. The molecule has 2 aromatic carbocycles. The summed E-state index contributed by atoms with van der Waals surface area (Å²) in [6.07, 6.45) is -4.49. The number of carbonyl (C=O) groups is 1. The third-order valence-corrected chi connectivity index (χ3v) is 3.85. The van der Waals surface area contributed by atoms with Gasteiger partial charge in [0.25, 0.3) is 0 Å². The van der Waals surface area contributed by atoms with Crippen molar-refractivity contribution in [2.75, 3.05) is 0 Å². The fourth-order valence-corrected chi connectivity index (χ4v) is 2.59. The zero-order chi connectivity index (χ0) is 20.0. The summed E-state index contributed by atoms with van der Waals surface area (Å²) in [6, 6.07) is 12.1. The van der Waals surface area contributed by atoms with Crippen LogP contribution in [0, 0.1) is 0 Å². The number of halogens is 4. The Balaban J connectivity index is 0.00000392. The van der Waals surface area contributed by atoms with Crippen molar-refractivity contribution in [1.82, 2.24) is 5.32 Å². The minimum atomic E-state index is -4.55. The van der Waals surface area contributed by atoms with Gasteiger partial charge in [0, 0.05) is 6.54 Å². The zero-order valence-electron chi connectivity index (χ0n) is 15.6. The summed E-state index contributed by atoms with van der Waals surface area (Å²) >= 11 is 0. The van der Waals surface area contributed by atoms with Gasteiger partial charge in [-0.2, -0.15) is 13.2 Å². The second-order valence-corrected chi connectivity index (χ2v) is 6.50. The quantitative estimate of drug-likeness (QED) is 0.714. The van der Waals surface area contributed by atoms with E-state index in [0.717, 1.165) is 11.6 Å². The Morgan fingerprint density at radius 1 is 1.14 bits per heavy atom. The minimum Gasteiger partial charge on any atom is -0.491 e. The maximum Gasteiger partial charge on any atom is 0.416 e. The Kier molecular flexibility index (Phi) is 8.78. The molecule has 0 heterocycles. The van der Waals surface area contributed by atoms with Crippen LogP contribution in [0.1, 0.15) is 30.5 Å². The maximum atomic E-state index is 13.3. The van der Waals surface area contributed by atoms with Gasteiger partial charge >= 0.3 is 6.18 Å². The van der Waals surface area contributed by atoms with E-state index in [4.69, 9.17) is 10.5 Å². The number of rotatable bonds is 7. The summed E-state index contributed by atoms with van der Waals surface area (Å²) < 4.78 is 45.4. The molecule has 0 spiro atoms. The molecular formula is C20H24ClF3N2O2. The van der Waals surface area contributed by atoms with Gasteiger partial charge in [0.2, 0.25) is 5.91 Å². The topological polar surface area (TPSA) is 64.3 Å². The molecule has 0 saturated carbocycles. The number of hydrogen-bond acceptors (Lipinski definition) is 3. The molecule has 0 aliphatic carbocycles. The van der Waals surface area contributed by atoms with E-state index < -0.39 is 23.7 Å². The summed E-state index contributed by atoms with van der Waals surface area (Å²) in [7, 11) is 0. The molecule has 0 fully saturated rings. The number of carbonyl (C=O) groups excluding carboxylic acids is 1. The van der Waals surface area contributed by atoms with Gasteiger partial charge in [0.1, 0.15) is 5.75 Å². The highest BCUT2D eigenvalue weighted by Gasteiger charge is 2.34. The highest BCUT2D eigenvalue weighted by molar-refractivity contribution is 5.85. The van der Waals surface area contributed by atoms with Crippen LogP contribution in [0.4, 0.5) is 13.2 Å². The predicted octanol–water partition coefficient (Wildman–Crippen LogP) is 4.10. The van der Waals surface area contributed by atoms with Gasteiger partial charge in [0.05, 0.1) is 17.7 Å². The molecule has 4 nitrogen and oxygen atoms in total. The lowest BCUT2D eigenvalue weighted by Gasteiger charge is -2.18. The Labute approximate surface area is 168 Å². The van der Waals surface area contributed by atoms with E-state index in [1.54, 1.807) is 13.8 Å². The summed E-state index contributed by atoms with van der Waals surface area (Å²) in [4.78, 5) is 12.2. The summed E-state index contributed by atoms with van der Waals surface area (Å²) in [5, 5.41) is 2.49. The largest absolute Gasteiger partial charge is 0.491 e. The fourth-order valence-electron chi connectivity index (χ4n) is 2.59. The van der Waals surface area contributed by atoms with E-state index in [1.165, 1.54) is 12.1 Å². The van der Waals surface area contributed by atoms with Crippen molar-refractivity contribution in [3.8, 4) is 5.75 Å². The Morgan fingerprint density at radius 2 is 1.79 bits per heavy atom. The molecule has 1 atom stereocenters. The first-order chi connectivity index (χ1) is 12.7. The van der Waals surface area contributed by atoms with E-state index in [1.807, 2.05) is 30.3 Å². The third-order valence-electron chi connectivity index (χ3n) is 3.85. The van der Waals surface area contributed by atoms with Crippen molar-refractivity contribution < 1.29 is 22.7 Å². The third kappa shape index (κ3) is 7.05. The molecule has 0 bridgehead atoms. The Hall–Kier alpha value is -2.25. The van der Waals surface area contributed by atoms with E-state index >= 15 is 0 Å². The molecule has 0 unspecified atom stereocenters. The highest BCUT2D eigenvalue weighted by atomic mass is 35.5. The van der Waals surface area contributed by atoms with Crippen molar-refractivity contribution >= 4 is 18.3 Å². The lowest BCUT2D eigenvalue weighted by molar-refractivity contribution is -0.138. The van der Waals surface area contributed by atoms with Gasteiger partial charge in [-0.1, -0.05) is 36.4 Å². The van der Waals surface area contributed by atoms with Crippen molar-refractivity contribution in [2.24, 2.45) is 5.73 Å². The molecule has 0 aliphatic heterocycles. The van der Waals surface area contributed by atoms with Gasteiger partial charge < -0.3 is 15.8 Å². The first-order valence-electron chi connectivity index (χ1n) is 8.61. The number of nitrogens with two attached hydrogens (primary N) is 1. The maximum absolute atomic E-state index is 13.3. The van der Waals surface area contributed by atoms with Crippen LogP contribution >= 0.6 is 12.4 Å². The molecule has 0 aliphatic rings. The monoisotopic (exact) mass is 416 g/mol. The molecule has 1 amide bonds. The molecule has 0 radical (unpaired) electrons. The van der Waals surface area contributed by atoms with Crippen LogP contribution in [0.15, 0.2) is 48.5 Å². The second-order valence-electron chi connectivity index (χ2n) is 6.50. The molecule has 0 saturated heterocycles. The van der Waals surface area contributed by atoms with Crippen molar-refractivity contribution in [2.45, 2.75) is 45.1 Å². The van der Waals surface area contributed by atoms with Crippen LogP contribution in [-0.2, 0) is 23.9 Å². The lowest BCUT2D eigenvalue weighted by atomic mass is 10.0. The zero-order valence-corrected chi connectivity index (χ0v) is 16.4. The predicted molar refractivity (Wildman–Crippen MR) is 104 cm³/mol. The average molecular weight is 417 g/mol. The van der Waals surface area contributed by atoms with Crippen LogP contribution in [-0.4, -0.2) is 18.1 Å². The van der Waals surface area contributed by atoms with Crippen LogP contribution in [0.2, 0.25) is 0 Å². The van der Waals surface area contributed by atoms with Gasteiger partial charge in [-0.3, -0.25) is 4.79 Å². The van der Waals surface area contributed by atoms with Gasteiger partial charge in [-0.25, -0.2) is 0 Å². The number of hydrogen-bond donors (Lipinski definition) is 2. The normalized spacial score (nSPS) is 12.2. The summed E-state index contributed by atoms with van der Waals surface area (Å²) in [6.45, 7) is 3.20. The van der Waals surface area contributed by atoms with Gasteiger partial charge in [-0.05, 0) is 43.5 Å². The standard InChI is InChI=1S/C20H23F3N2O2.ClH/c1-13(2)27-16-9-8-15(17(11-16)20(21,22)23)12-25-19(26)18(24)10-14-6-4-3-5-7-14;/h3-9,11,13,18H,10,12,24H2,1-2H3,(H,25,26);1H/t18-;/m0./s1. The number of amides is 1. The molecule has 28 heavy (non-hydrogen) atoms. The van der Waals surface area contributed by atoms with Gasteiger partial charge in [-0.15, -0.1) is 12.4 Å². The number of nitrogens with one attached hydrogen (secondary N) is 1. The first-order valence-corrected chi connectivity index (χ1v) is 8.61. The summed E-state index contributed by atoms with van der Waals surface area (Å²) in [5.74, 6) is -0.373. The molecular weight excluding hydrogens is 393 g/mol. The minimum absolute atomic E-state index is 0. The molecule has 2 aromatic rings. The van der Waals surface area contributed by atoms with Crippen LogP contribution < -0.4 is 15.8 Å². The Bertz CT molecular complexity index is 768. The molecule has 0 aromatic heterocycles. The van der Waals surface area contributed by atoms with Crippen molar-refractivity contribution in [1.29, 1.82) is 0 Å². The van der Waals surface area contributed by atoms with Gasteiger partial charge in [0.15, 0.2) is 0 Å². The van der Waals surface area contributed by atoms with Crippen LogP contribution in [0.25, 0.3) is 0 Å². The SMILES string of the molecule is CC(C)Oc1ccc(CNC(=O)[C@@H](N)Cc2ccccc2)c(C(F)(F)F)c1.Cl. The summed E-state index contributed by atoms with van der Waals surface area (Å²) in [5.41, 5.74) is 5.86. The molecule has 8 heteroatoms. The van der Waals surface area contributed by atoms with E-state index in [2.05, 4.69) is 5.32 Å². The lowest BCUT2D eigenvalue weighted by Crippen LogP contribution is -2.41. The fraction of sp³-hybridized carbons (Fsp3) is 0.350. The van der Waals surface area contributed by atoms with Crippen molar-refractivity contribution in [3.63, 3.8) is 0 Å². The molecule has 2 rings (SSSR count). The second kappa shape index (κ2) is 10.3. The van der Waals surface area contributed by atoms with Crippen LogP contribution in [0.3, 0.4) is 0 Å². The number of benzene rings is 2.